The van der Waals surface area contributed by atoms with Crippen LogP contribution in [0.3, 0.4) is 0 Å². The predicted octanol–water partition coefficient (Wildman–Crippen LogP) is 3.53. The van der Waals surface area contributed by atoms with Gasteiger partial charge >= 0.3 is 0 Å². The van der Waals surface area contributed by atoms with Gasteiger partial charge in [-0.25, -0.2) is 9.37 Å². The Labute approximate surface area is 157 Å². The van der Waals surface area contributed by atoms with E-state index in [1.165, 1.54) is 29.6 Å². The van der Waals surface area contributed by atoms with Crippen molar-refractivity contribution < 1.29 is 13.9 Å². The van der Waals surface area contributed by atoms with Crippen molar-refractivity contribution in [2.45, 2.75) is 6.54 Å². The van der Waals surface area contributed by atoms with Gasteiger partial charge in [0.15, 0.2) is 5.13 Å². The minimum absolute atomic E-state index is 0.341. The number of morpholine rings is 1. The molecule has 5 nitrogen and oxygen atoms in total. The zero-order valence-electron chi connectivity index (χ0n) is 13.4. The Morgan fingerprint density at radius 3 is 3.04 bits per heavy atom. The van der Waals surface area contributed by atoms with Gasteiger partial charge in [-0.2, -0.15) is 0 Å². The van der Waals surface area contributed by atoms with Crippen LogP contribution in [0.1, 0.15) is 11.3 Å². The maximum atomic E-state index is 13.6. The van der Waals surface area contributed by atoms with Gasteiger partial charge in [0.2, 0.25) is 5.91 Å². The summed E-state index contributed by atoms with van der Waals surface area (Å²) in [6, 6.07) is 4.57. The van der Waals surface area contributed by atoms with Crippen molar-refractivity contribution in [2.24, 2.45) is 0 Å². The molecule has 0 radical (unpaired) electrons. The van der Waals surface area contributed by atoms with Crippen LogP contribution < -0.4 is 5.32 Å². The number of hydrogen-bond acceptors (Lipinski definition) is 5. The molecule has 2 aromatic rings. The average molecular weight is 426 g/mol. The number of benzene rings is 1. The lowest BCUT2D eigenvalue weighted by Gasteiger charge is -2.25. The normalized spacial score (nSPS) is 15.6. The summed E-state index contributed by atoms with van der Waals surface area (Å²) < 4.78 is 19.7. The molecule has 132 valence electrons. The largest absolute Gasteiger partial charge is 0.379 e. The Kier molecular flexibility index (Phi) is 6.30. The summed E-state index contributed by atoms with van der Waals surface area (Å²) in [6.45, 7) is 4.00. The molecule has 8 heteroatoms. The third-order valence-electron chi connectivity index (χ3n) is 3.64. The van der Waals surface area contributed by atoms with E-state index in [-0.39, 0.29) is 11.7 Å². The van der Waals surface area contributed by atoms with E-state index in [9.17, 15) is 9.18 Å². The topological polar surface area (TPSA) is 54.5 Å². The molecule has 1 aliphatic heterocycles. The predicted molar refractivity (Wildman–Crippen MR) is 100.0 cm³/mol. The molecule has 1 fully saturated rings. The number of amides is 1. The van der Waals surface area contributed by atoms with Crippen molar-refractivity contribution in [1.29, 1.82) is 0 Å². The van der Waals surface area contributed by atoms with Crippen molar-refractivity contribution in [3.8, 4) is 0 Å². The second-order valence-electron chi connectivity index (χ2n) is 5.52. The van der Waals surface area contributed by atoms with Crippen LogP contribution in [0, 0.1) is 5.82 Å². The van der Waals surface area contributed by atoms with Gasteiger partial charge in [-0.05, 0) is 24.3 Å². The molecule has 0 bridgehead atoms. The van der Waals surface area contributed by atoms with Crippen LogP contribution in [0.4, 0.5) is 9.52 Å². The molecule has 0 aliphatic carbocycles. The monoisotopic (exact) mass is 425 g/mol. The summed E-state index contributed by atoms with van der Waals surface area (Å²) >= 11 is 4.66. The highest BCUT2D eigenvalue weighted by atomic mass is 79.9. The number of hydrogen-bond donors (Lipinski definition) is 1. The van der Waals surface area contributed by atoms with Gasteiger partial charge in [0, 0.05) is 41.1 Å². The van der Waals surface area contributed by atoms with E-state index >= 15 is 0 Å². The van der Waals surface area contributed by atoms with Crippen LogP contribution in [0.25, 0.3) is 6.08 Å². The average Bonchev–Trinajstić information content (AvgIpc) is 3.03. The SMILES string of the molecule is O=C(/C=C\c1cc(Br)ccc1F)Nc1nc(CN2CCOCC2)cs1. The Hall–Kier alpha value is -1.61. The van der Waals surface area contributed by atoms with Crippen LogP contribution in [0.2, 0.25) is 0 Å². The van der Waals surface area contributed by atoms with Crippen LogP contribution >= 0.6 is 27.3 Å². The number of ether oxygens (including phenoxy) is 1. The van der Waals surface area contributed by atoms with E-state index in [2.05, 4.69) is 31.1 Å². The number of nitrogens with one attached hydrogen (secondary N) is 1. The van der Waals surface area contributed by atoms with Gasteiger partial charge in [0.1, 0.15) is 5.82 Å². The van der Waals surface area contributed by atoms with Gasteiger partial charge in [0.05, 0.1) is 18.9 Å². The fraction of sp³-hybridized carbons (Fsp3) is 0.294. The molecular formula is C17H17BrFN3O2S. The minimum Gasteiger partial charge on any atom is -0.379 e. The number of nitrogens with zero attached hydrogens (tertiary/aromatic N) is 2. The number of anilines is 1. The lowest BCUT2D eigenvalue weighted by Crippen LogP contribution is -2.35. The van der Waals surface area contributed by atoms with Gasteiger partial charge < -0.3 is 4.74 Å². The molecule has 0 unspecified atom stereocenters. The third-order valence-corrected chi connectivity index (χ3v) is 4.94. The molecule has 1 aromatic heterocycles. The van der Waals surface area contributed by atoms with E-state index in [0.29, 0.717) is 10.7 Å². The van der Waals surface area contributed by atoms with Crippen molar-refractivity contribution in [3.05, 3.63) is 51.2 Å². The molecule has 1 amide bonds. The molecule has 1 saturated heterocycles. The first-order valence-corrected chi connectivity index (χ1v) is 9.46. The maximum Gasteiger partial charge on any atom is 0.250 e. The van der Waals surface area contributed by atoms with Crippen LogP contribution in [-0.4, -0.2) is 42.1 Å². The minimum atomic E-state index is -0.380. The summed E-state index contributed by atoms with van der Waals surface area (Å²) in [7, 11) is 0. The number of carbonyl (C=O) groups excluding carboxylic acids is 1. The molecule has 0 atom stereocenters. The summed E-state index contributed by atoms with van der Waals surface area (Å²) in [4.78, 5) is 18.7. The number of thiazole rings is 1. The molecule has 25 heavy (non-hydrogen) atoms. The molecule has 1 aliphatic rings. The molecular weight excluding hydrogens is 409 g/mol. The number of halogens is 2. The zero-order valence-corrected chi connectivity index (χ0v) is 15.8. The van der Waals surface area contributed by atoms with Crippen molar-refractivity contribution in [2.75, 3.05) is 31.6 Å². The highest BCUT2D eigenvalue weighted by Gasteiger charge is 2.13. The fourth-order valence-corrected chi connectivity index (χ4v) is 3.46. The van der Waals surface area contributed by atoms with E-state index in [4.69, 9.17) is 4.74 Å². The third kappa shape index (κ3) is 5.43. The molecule has 0 saturated carbocycles. The summed E-state index contributed by atoms with van der Waals surface area (Å²) in [5.41, 5.74) is 1.26. The Morgan fingerprint density at radius 1 is 1.44 bits per heavy atom. The van der Waals surface area contributed by atoms with Gasteiger partial charge in [-0.3, -0.25) is 15.0 Å². The first-order valence-electron chi connectivity index (χ1n) is 7.79. The Morgan fingerprint density at radius 2 is 2.24 bits per heavy atom. The smallest absolute Gasteiger partial charge is 0.250 e. The van der Waals surface area contributed by atoms with Gasteiger partial charge in [0.25, 0.3) is 0 Å². The summed E-state index contributed by atoms with van der Waals surface area (Å²) in [5, 5.41) is 5.18. The second-order valence-corrected chi connectivity index (χ2v) is 7.29. The number of rotatable bonds is 5. The molecule has 0 spiro atoms. The first-order chi connectivity index (χ1) is 12.1. The van der Waals surface area contributed by atoms with E-state index in [1.807, 2.05) is 5.38 Å². The van der Waals surface area contributed by atoms with Crippen LogP contribution in [0.5, 0.6) is 0 Å². The molecule has 3 rings (SSSR count). The Bertz CT molecular complexity index is 775. The zero-order chi connectivity index (χ0) is 17.6. The molecule has 1 aromatic carbocycles. The van der Waals surface area contributed by atoms with Crippen molar-refractivity contribution in [1.82, 2.24) is 9.88 Å². The number of aromatic nitrogens is 1. The fourth-order valence-electron chi connectivity index (χ4n) is 2.38. The molecule has 2 heterocycles. The lowest BCUT2D eigenvalue weighted by atomic mass is 10.2. The van der Waals surface area contributed by atoms with E-state index < -0.39 is 0 Å². The maximum absolute atomic E-state index is 13.6. The van der Waals surface area contributed by atoms with Gasteiger partial charge in [-0.15, -0.1) is 11.3 Å². The molecule has 1 N–H and O–H groups in total. The van der Waals surface area contributed by atoms with Crippen LogP contribution in [0.15, 0.2) is 34.1 Å². The van der Waals surface area contributed by atoms with Crippen molar-refractivity contribution >= 4 is 44.4 Å². The highest BCUT2D eigenvalue weighted by Crippen LogP contribution is 2.19. The lowest BCUT2D eigenvalue weighted by molar-refractivity contribution is -0.111. The van der Waals surface area contributed by atoms with Crippen LogP contribution in [-0.2, 0) is 16.1 Å². The number of carbonyl (C=O) groups is 1. The second kappa shape index (κ2) is 8.66. The van der Waals surface area contributed by atoms with E-state index in [1.54, 1.807) is 12.1 Å². The van der Waals surface area contributed by atoms with E-state index in [0.717, 1.165) is 43.0 Å². The summed E-state index contributed by atoms with van der Waals surface area (Å²) in [5.74, 6) is -0.721. The van der Waals surface area contributed by atoms with Gasteiger partial charge in [-0.1, -0.05) is 15.9 Å². The highest BCUT2D eigenvalue weighted by molar-refractivity contribution is 9.10. The standard InChI is InChI=1S/C17H17BrFN3O2S/c18-13-2-3-15(19)12(9-13)1-4-16(23)21-17-20-14(11-25-17)10-22-5-7-24-8-6-22/h1-4,9,11H,5-8,10H2,(H,20,21,23)/b4-1-. The summed E-state index contributed by atoms with van der Waals surface area (Å²) in [6.07, 6.45) is 2.74. The quantitative estimate of drug-likeness (QED) is 0.744. The Balaban J connectivity index is 1.56. The van der Waals surface area contributed by atoms with Crippen molar-refractivity contribution in [3.63, 3.8) is 0 Å². The first kappa shape index (κ1) is 18.2.